The average molecular weight is 457 g/mol. The molecule has 0 spiro atoms. The zero-order chi connectivity index (χ0) is 23.0. The van der Waals surface area contributed by atoms with Gasteiger partial charge in [-0.1, -0.05) is 12.1 Å². The van der Waals surface area contributed by atoms with Gasteiger partial charge in [0.05, 0.1) is 29.4 Å². The minimum Gasteiger partial charge on any atom is -0.444 e. The summed E-state index contributed by atoms with van der Waals surface area (Å²) in [6.07, 6.45) is -7.30. The van der Waals surface area contributed by atoms with Gasteiger partial charge in [0.2, 0.25) is 0 Å². The molecule has 1 N–H and O–H groups in total. The quantitative estimate of drug-likeness (QED) is 0.606. The van der Waals surface area contributed by atoms with Gasteiger partial charge in [-0.05, 0) is 44.2 Å². The van der Waals surface area contributed by atoms with Gasteiger partial charge in [0.1, 0.15) is 22.7 Å². The second kappa shape index (κ2) is 8.54. The lowest BCUT2D eigenvalue weighted by Gasteiger charge is -2.36. The van der Waals surface area contributed by atoms with Crippen LogP contribution in [0.2, 0.25) is 0 Å². The van der Waals surface area contributed by atoms with Crippen LogP contribution in [-0.4, -0.2) is 48.1 Å². The molecule has 1 aliphatic heterocycles. The topological polar surface area (TPSA) is 65.4 Å². The van der Waals surface area contributed by atoms with Gasteiger partial charge in [-0.3, -0.25) is 0 Å². The van der Waals surface area contributed by atoms with Crippen molar-refractivity contribution in [2.75, 3.05) is 18.4 Å². The first-order valence-corrected chi connectivity index (χ1v) is 10.6. The third kappa shape index (κ3) is 5.58. The molecule has 1 aliphatic rings. The number of halogens is 4. The molecule has 2 atom stereocenters. The summed E-state index contributed by atoms with van der Waals surface area (Å²) in [5, 5.41) is 12.7. The van der Waals surface area contributed by atoms with Crippen molar-refractivity contribution in [3.63, 3.8) is 0 Å². The second-order valence-corrected chi connectivity index (χ2v) is 9.50. The largest absolute Gasteiger partial charge is 0.444 e. The number of rotatable bonds is 3. The first kappa shape index (κ1) is 23.1. The van der Waals surface area contributed by atoms with Crippen molar-refractivity contribution in [2.24, 2.45) is 0 Å². The summed E-state index contributed by atoms with van der Waals surface area (Å²) in [5.41, 5.74) is -0.264. The third-order valence-corrected chi connectivity index (χ3v) is 6.02. The Labute approximate surface area is 181 Å². The number of thiophene rings is 1. The first-order valence-electron chi connectivity index (χ1n) is 9.78. The van der Waals surface area contributed by atoms with Crippen LogP contribution in [0.3, 0.4) is 0 Å². The number of piperidine rings is 1. The Bertz CT molecular complexity index is 1010. The summed E-state index contributed by atoms with van der Waals surface area (Å²) < 4.78 is 59.6. The first-order chi connectivity index (χ1) is 14.4. The highest BCUT2D eigenvalue weighted by Crippen LogP contribution is 2.39. The number of carbonyl (C=O) groups excluding carboxylic acids is 1. The fourth-order valence-electron chi connectivity index (χ4n) is 3.51. The fraction of sp³-hybridized carbons (Fsp3) is 0.524. The van der Waals surface area contributed by atoms with E-state index in [9.17, 15) is 27.6 Å². The molecule has 168 valence electrons. The maximum Gasteiger partial charge on any atom is 0.410 e. The summed E-state index contributed by atoms with van der Waals surface area (Å²) in [6, 6.07) is 6.00. The van der Waals surface area contributed by atoms with Crippen molar-refractivity contribution in [2.45, 2.75) is 57.6 Å². The van der Waals surface area contributed by atoms with Crippen LogP contribution in [0.15, 0.2) is 18.2 Å². The van der Waals surface area contributed by atoms with Gasteiger partial charge in [0.15, 0.2) is 0 Å². The smallest absolute Gasteiger partial charge is 0.410 e. The number of anilines is 1. The maximum atomic E-state index is 14.8. The predicted molar refractivity (Wildman–Crippen MR) is 111 cm³/mol. The van der Waals surface area contributed by atoms with Crippen molar-refractivity contribution in [3.05, 3.63) is 28.6 Å². The van der Waals surface area contributed by atoms with Crippen LogP contribution < -0.4 is 5.32 Å². The molecule has 1 aromatic carbocycles. The van der Waals surface area contributed by atoms with E-state index in [1.165, 1.54) is 11.0 Å². The van der Waals surface area contributed by atoms with E-state index in [0.29, 0.717) is 22.2 Å². The Kier molecular flexibility index (Phi) is 6.37. The van der Waals surface area contributed by atoms with E-state index in [1.54, 1.807) is 32.9 Å². The summed E-state index contributed by atoms with van der Waals surface area (Å²) in [4.78, 5) is 13.5. The molecule has 0 radical (unpaired) electrons. The predicted octanol–water partition coefficient (Wildman–Crippen LogP) is 5.64. The Balaban J connectivity index is 1.79. The lowest BCUT2D eigenvalue weighted by molar-refractivity contribution is -0.126. The summed E-state index contributed by atoms with van der Waals surface area (Å²) in [6.45, 7) is 5.34. The molecular formula is C21H23F4N3O2S. The number of benzene rings is 1. The van der Waals surface area contributed by atoms with Crippen molar-refractivity contribution >= 4 is 33.2 Å². The number of alkyl halides is 4. The number of hydrogen-bond donors (Lipinski definition) is 1. The van der Waals surface area contributed by atoms with Crippen LogP contribution in [0, 0.1) is 11.3 Å². The highest BCUT2D eigenvalue weighted by atomic mass is 32.1. The van der Waals surface area contributed by atoms with Crippen LogP contribution in [0.5, 0.6) is 0 Å². The van der Waals surface area contributed by atoms with Crippen molar-refractivity contribution in [1.82, 2.24) is 4.90 Å². The Morgan fingerprint density at radius 3 is 2.65 bits per heavy atom. The number of likely N-dealkylation sites (tertiary alicyclic amines) is 1. The minimum atomic E-state index is -4.44. The molecule has 0 bridgehead atoms. The molecule has 3 rings (SSSR count). The Morgan fingerprint density at radius 1 is 1.35 bits per heavy atom. The minimum absolute atomic E-state index is 0.00174. The van der Waals surface area contributed by atoms with E-state index < -0.39 is 36.5 Å². The summed E-state index contributed by atoms with van der Waals surface area (Å²) in [7, 11) is 0. The standard InChI is InChI=1S/C21H23F4N3O2S/c1-20(2,3)30-19(29)28-8-7-15(14(22)11-28)27-16-6-4-5-12-13(9-21(23,24)25)17(10-26)31-18(12)16/h4-6,14-15,27H,7-9,11H2,1-3H3/t14-,15+/m0/s1. The molecule has 2 aromatic rings. The number of nitrogens with zero attached hydrogens (tertiary/aromatic N) is 2. The van der Waals surface area contributed by atoms with E-state index in [0.717, 1.165) is 11.3 Å². The van der Waals surface area contributed by atoms with Crippen LogP contribution in [0.4, 0.5) is 28.0 Å². The zero-order valence-corrected chi connectivity index (χ0v) is 18.2. The van der Waals surface area contributed by atoms with Crippen LogP contribution >= 0.6 is 11.3 Å². The number of amides is 1. The summed E-state index contributed by atoms with van der Waals surface area (Å²) in [5.74, 6) is 0. The van der Waals surface area contributed by atoms with Crippen LogP contribution in [-0.2, 0) is 11.2 Å². The second-order valence-electron chi connectivity index (χ2n) is 8.48. The Morgan fingerprint density at radius 2 is 2.06 bits per heavy atom. The monoisotopic (exact) mass is 457 g/mol. The number of nitrogens with one attached hydrogen (secondary N) is 1. The highest BCUT2D eigenvalue weighted by Gasteiger charge is 2.35. The molecule has 0 saturated carbocycles. The lowest BCUT2D eigenvalue weighted by Crippen LogP contribution is -2.51. The number of ether oxygens (including phenoxy) is 1. The van der Waals surface area contributed by atoms with Crippen LogP contribution in [0.1, 0.15) is 37.6 Å². The van der Waals surface area contributed by atoms with Gasteiger partial charge in [0, 0.05) is 6.54 Å². The number of carbonyl (C=O) groups is 1. The molecule has 5 nitrogen and oxygen atoms in total. The zero-order valence-electron chi connectivity index (χ0n) is 17.3. The number of hydrogen-bond acceptors (Lipinski definition) is 5. The lowest BCUT2D eigenvalue weighted by atomic mass is 10.0. The van der Waals surface area contributed by atoms with E-state index in [4.69, 9.17) is 4.74 Å². The van der Waals surface area contributed by atoms with E-state index in [-0.39, 0.29) is 23.5 Å². The molecule has 31 heavy (non-hydrogen) atoms. The number of nitriles is 1. The summed E-state index contributed by atoms with van der Waals surface area (Å²) >= 11 is 0.962. The maximum absolute atomic E-state index is 14.8. The Hall–Kier alpha value is -2.54. The average Bonchev–Trinajstić information content (AvgIpc) is 2.99. The molecule has 2 heterocycles. The molecule has 1 amide bonds. The van der Waals surface area contributed by atoms with Crippen molar-refractivity contribution < 1.29 is 27.1 Å². The molecule has 0 unspecified atom stereocenters. The van der Waals surface area contributed by atoms with Gasteiger partial charge in [0.25, 0.3) is 0 Å². The van der Waals surface area contributed by atoms with E-state index in [1.807, 2.05) is 6.07 Å². The highest BCUT2D eigenvalue weighted by molar-refractivity contribution is 7.20. The molecule has 1 aromatic heterocycles. The van der Waals surface area contributed by atoms with E-state index >= 15 is 0 Å². The van der Waals surface area contributed by atoms with Gasteiger partial charge >= 0.3 is 12.3 Å². The molecule has 1 fully saturated rings. The number of fused-ring (bicyclic) bond motifs is 1. The molecule has 1 saturated heterocycles. The molecule has 0 aliphatic carbocycles. The molecule has 10 heteroatoms. The van der Waals surface area contributed by atoms with Gasteiger partial charge in [-0.25, -0.2) is 9.18 Å². The van der Waals surface area contributed by atoms with Crippen molar-refractivity contribution in [3.8, 4) is 6.07 Å². The van der Waals surface area contributed by atoms with E-state index in [2.05, 4.69) is 5.32 Å². The van der Waals surface area contributed by atoms with Gasteiger partial charge in [-0.15, -0.1) is 11.3 Å². The van der Waals surface area contributed by atoms with Gasteiger partial charge < -0.3 is 15.0 Å². The fourth-order valence-corrected chi connectivity index (χ4v) is 4.60. The normalized spacial score (nSPS) is 19.9. The van der Waals surface area contributed by atoms with Gasteiger partial charge in [-0.2, -0.15) is 18.4 Å². The van der Waals surface area contributed by atoms with Crippen LogP contribution in [0.25, 0.3) is 10.1 Å². The third-order valence-electron chi connectivity index (χ3n) is 4.83. The molecular weight excluding hydrogens is 434 g/mol. The van der Waals surface area contributed by atoms with Crippen molar-refractivity contribution in [1.29, 1.82) is 5.26 Å². The SMILES string of the molecule is CC(C)(C)OC(=O)N1CC[C@@H](Nc2cccc3c(CC(F)(F)F)c(C#N)sc23)[C@@H](F)C1.